The van der Waals surface area contributed by atoms with E-state index in [-0.39, 0.29) is 11.8 Å². The molecule has 2 aromatic rings. The van der Waals surface area contributed by atoms with Crippen molar-refractivity contribution in [2.75, 3.05) is 17.2 Å². The van der Waals surface area contributed by atoms with Crippen molar-refractivity contribution in [3.63, 3.8) is 0 Å². The first kappa shape index (κ1) is 17.1. The molecular weight excluding hydrogens is 345 g/mol. The average molecular weight is 364 g/mol. The van der Waals surface area contributed by atoms with Gasteiger partial charge in [0.15, 0.2) is 0 Å². The Morgan fingerprint density at radius 1 is 1.21 bits per heavy atom. The number of nitrogens with zero attached hydrogens (tertiary/aromatic N) is 1. The number of hydrogen-bond acceptors (Lipinski definition) is 3. The van der Waals surface area contributed by atoms with Gasteiger partial charge in [-0.2, -0.15) is 0 Å². The first-order valence-corrected chi connectivity index (χ1v) is 8.82. The Hall–Kier alpha value is -1.78. The van der Waals surface area contributed by atoms with Gasteiger partial charge >= 0.3 is 0 Å². The molecule has 2 N–H and O–H groups in total. The zero-order valence-electron chi connectivity index (χ0n) is 13.2. The molecular formula is C18H19Cl2N3O. The minimum Gasteiger partial charge on any atom is -0.383 e. The number of carbonyl (C=O) groups is 1. The lowest BCUT2D eigenvalue weighted by molar-refractivity contribution is -0.122. The standard InChI is InChI=1S/C18H19Cl2N3O/c19-14-5-4-12(16(20)10-14)8-9-21-15-6-7-17(22-11-15)23-18(24)13-2-1-3-13/h4-7,10-11,13,21H,1-3,8-9H2,(H,22,23,24). The zero-order chi connectivity index (χ0) is 16.9. The van der Waals surface area contributed by atoms with Gasteiger partial charge in [-0.3, -0.25) is 4.79 Å². The lowest BCUT2D eigenvalue weighted by Crippen LogP contribution is -2.28. The van der Waals surface area contributed by atoms with Crippen molar-refractivity contribution < 1.29 is 4.79 Å². The van der Waals surface area contributed by atoms with Crippen molar-refractivity contribution in [3.8, 4) is 0 Å². The highest BCUT2D eigenvalue weighted by atomic mass is 35.5. The summed E-state index contributed by atoms with van der Waals surface area (Å²) in [4.78, 5) is 16.2. The molecule has 0 saturated heterocycles. The van der Waals surface area contributed by atoms with Gasteiger partial charge in [0, 0.05) is 22.5 Å². The third kappa shape index (κ3) is 4.40. The van der Waals surface area contributed by atoms with Gasteiger partial charge in [-0.1, -0.05) is 35.7 Å². The molecule has 1 heterocycles. The van der Waals surface area contributed by atoms with E-state index in [0.717, 1.165) is 43.5 Å². The van der Waals surface area contributed by atoms with Crippen LogP contribution in [0.15, 0.2) is 36.5 Å². The Kier molecular flexibility index (Phi) is 5.59. The fourth-order valence-electron chi connectivity index (χ4n) is 2.54. The normalized spacial score (nSPS) is 14.1. The van der Waals surface area contributed by atoms with Gasteiger partial charge in [-0.05, 0) is 49.1 Å². The maximum absolute atomic E-state index is 11.9. The number of rotatable bonds is 6. The third-order valence-electron chi connectivity index (χ3n) is 4.23. The number of aromatic nitrogens is 1. The van der Waals surface area contributed by atoms with Crippen LogP contribution in [0.5, 0.6) is 0 Å². The SMILES string of the molecule is O=C(Nc1ccc(NCCc2ccc(Cl)cc2Cl)cn1)C1CCC1. The van der Waals surface area contributed by atoms with E-state index in [0.29, 0.717) is 15.9 Å². The van der Waals surface area contributed by atoms with Crippen LogP contribution in [0.4, 0.5) is 11.5 Å². The van der Waals surface area contributed by atoms with Gasteiger partial charge < -0.3 is 10.6 Å². The summed E-state index contributed by atoms with van der Waals surface area (Å²) in [5.41, 5.74) is 1.95. The van der Waals surface area contributed by atoms with Crippen LogP contribution in [-0.2, 0) is 11.2 Å². The summed E-state index contributed by atoms with van der Waals surface area (Å²) < 4.78 is 0. The van der Waals surface area contributed by atoms with Crippen LogP contribution in [0, 0.1) is 5.92 Å². The van der Waals surface area contributed by atoms with Gasteiger partial charge in [0.1, 0.15) is 5.82 Å². The predicted octanol–water partition coefficient (Wildman–Crippen LogP) is 4.78. The highest BCUT2D eigenvalue weighted by Gasteiger charge is 2.25. The van der Waals surface area contributed by atoms with E-state index in [1.165, 1.54) is 0 Å². The lowest BCUT2D eigenvalue weighted by atomic mass is 9.85. The van der Waals surface area contributed by atoms with Gasteiger partial charge in [0.05, 0.1) is 11.9 Å². The molecule has 0 bridgehead atoms. The third-order valence-corrected chi connectivity index (χ3v) is 4.82. The molecule has 1 aliphatic carbocycles. The van der Waals surface area contributed by atoms with E-state index in [1.54, 1.807) is 12.3 Å². The topological polar surface area (TPSA) is 54.0 Å². The summed E-state index contributed by atoms with van der Waals surface area (Å²) in [7, 11) is 0. The van der Waals surface area contributed by atoms with Crippen molar-refractivity contribution in [1.82, 2.24) is 4.98 Å². The van der Waals surface area contributed by atoms with E-state index in [1.807, 2.05) is 24.3 Å². The van der Waals surface area contributed by atoms with Crippen LogP contribution in [0.25, 0.3) is 0 Å². The highest BCUT2D eigenvalue weighted by Crippen LogP contribution is 2.27. The van der Waals surface area contributed by atoms with Crippen LogP contribution >= 0.6 is 23.2 Å². The first-order chi connectivity index (χ1) is 11.6. The summed E-state index contributed by atoms with van der Waals surface area (Å²) in [6.07, 6.45) is 5.62. The van der Waals surface area contributed by atoms with E-state index in [4.69, 9.17) is 23.2 Å². The van der Waals surface area contributed by atoms with Gasteiger partial charge in [0.2, 0.25) is 5.91 Å². The Labute approximate surface area is 151 Å². The molecule has 0 unspecified atom stereocenters. The monoisotopic (exact) mass is 363 g/mol. The Morgan fingerprint density at radius 3 is 2.67 bits per heavy atom. The molecule has 3 rings (SSSR count). The molecule has 1 amide bonds. The molecule has 0 aliphatic heterocycles. The number of anilines is 2. The van der Waals surface area contributed by atoms with E-state index >= 15 is 0 Å². The van der Waals surface area contributed by atoms with Crippen LogP contribution in [0.3, 0.4) is 0 Å². The molecule has 1 aromatic heterocycles. The minimum absolute atomic E-state index is 0.0758. The number of benzene rings is 1. The Balaban J connectivity index is 1.48. The average Bonchev–Trinajstić information content (AvgIpc) is 2.49. The summed E-state index contributed by atoms with van der Waals surface area (Å²) >= 11 is 12.0. The van der Waals surface area contributed by atoms with Gasteiger partial charge in [0.25, 0.3) is 0 Å². The minimum atomic E-state index is 0.0758. The molecule has 0 spiro atoms. The molecule has 0 atom stereocenters. The maximum Gasteiger partial charge on any atom is 0.228 e. The largest absolute Gasteiger partial charge is 0.383 e. The molecule has 24 heavy (non-hydrogen) atoms. The van der Waals surface area contributed by atoms with Gasteiger partial charge in [-0.25, -0.2) is 4.98 Å². The van der Waals surface area contributed by atoms with Crippen LogP contribution < -0.4 is 10.6 Å². The van der Waals surface area contributed by atoms with E-state index < -0.39 is 0 Å². The second-order valence-corrected chi connectivity index (χ2v) is 6.81. The van der Waals surface area contributed by atoms with E-state index in [9.17, 15) is 4.79 Å². The van der Waals surface area contributed by atoms with Gasteiger partial charge in [-0.15, -0.1) is 0 Å². The van der Waals surface area contributed by atoms with Crippen LogP contribution in [-0.4, -0.2) is 17.4 Å². The van der Waals surface area contributed by atoms with Crippen molar-refractivity contribution >= 4 is 40.6 Å². The fraction of sp³-hybridized carbons (Fsp3) is 0.333. The van der Waals surface area contributed by atoms with Crippen molar-refractivity contribution in [2.24, 2.45) is 5.92 Å². The number of hydrogen-bond donors (Lipinski definition) is 2. The summed E-state index contributed by atoms with van der Waals surface area (Å²) in [5, 5.41) is 7.47. The molecule has 1 aliphatic rings. The zero-order valence-corrected chi connectivity index (χ0v) is 14.7. The summed E-state index contributed by atoms with van der Waals surface area (Å²) in [5.74, 6) is 0.832. The molecule has 126 valence electrons. The highest BCUT2D eigenvalue weighted by molar-refractivity contribution is 6.35. The summed E-state index contributed by atoms with van der Waals surface area (Å²) in [6, 6.07) is 9.24. The number of carbonyl (C=O) groups excluding carboxylic acids is 1. The molecule has 1 aromatic carbocycles. The number of pyridine rings is 1. The number of amides is 1. The quantitative estimate of drug-likeness (QED) is 0.776. The first-order valence-electron chi connectivity index (χ1n) is 8.06. The molecule has 1 fully saturated rings. The fourth-order valence-corrected chi connectivity index (χ4v) is 3.04. The molecule has 4 nitrogen and oxygen atoms in total. The predicted molar refractivity (Wildman–Crippen MR) is 98.9 cm³/mol. The van der Waals surface area contributed by atoms with Crippen LogP contribution in [0.1, 0.15) is 24.8 Å². The van der Waals surface area contributed by atoms with Crippen LogP contribution in [0.2, 0.25) is 10.0 Å². The van der Waals surface area contributed by atoms with Crippen molar-refractivity contribution in [1.29, 1.82) is 0 Å². The van der Waals surface area contributed by atoms with Crippen molar-refractivity contribution in [3.05, 3.63) is 52.1 Å². The maximum atomic E-state index is 11.9. The number of halogens is 2. The molecule has 1 saturated carbocycles. The van der Waals surface area contributed by atoms with E-state index in [2.05, 4.69) is 15.6 Å². The Morgan fingerprint density at radius 2 is 2.04 bits per heavy atom. The second-order valence-electron chi connectivity index (χ2n) is 5.96. The van der Waals surface area contributed by atoms with Crippen molar-refractivity contribution in [2.45, 2.75) is 25.7 Å². The lowest BCUT2D eigenvalue weighted by Gasteiger charge is -2.23. The molecule has 6 heteroatoms. The summed E-state index contributed by atoms with van der Waals surface area (Å²) in [6.45, 7) is 0.733. The smallest absolute Gasteiger partial charge is 0.228 e. The number of nitrogens with one attached hydrogen (secondary N) is 2. The second kappa shape index (κ2) is 7.86. The Bertz CT molecular complexity index is 715. The molecule has 0 radical (unpaired) electrons.